The first kappa shape index (κ1) is 28.7. The Morgan fingerprint density at radius 2 is 1.79 bits per heavy atom. The Bertz CT molecular complexity index is 882. The molecule has 4 N–H and O–H groups in total. The van der Waals surface area contributed by atoms with Crippen molar-refractivity contribution in [2.24, 2.45) is 34.0 Å². The lowest BCUT2D eigenvalue weighted by Gasteiger charge is -2.64. The third-order valence-electron chi connectivity index (χ3n) is 11.6. The molecule has 0 radical (unpaired) electrons. The van der Waals surface area contributed by atoms with Crippen molar-refractivity contribution in [2.45, 2.75) is 115 Å². The Labute approximate surface area is 226 Å². The van der Waals surface area contributed by atoms with Crippen molar-refractivity contribution in [3.8, 4) is 0 Å². The number of aliphatic hydroxyl groups excluding tert-OH is 3. The lowest BCUT2D eigenvalue weighted by Crippen LogP contribution is -2.61. The summed E-state index contributed by atoms with van der Waals surface area (Å²) in [4.78, 5) is 11.5. The first-order chi connectivity index (χ1) is 17.9. The second kappa shape index (κ2) is 10.2. The van der Waals surface area contributed by atoms with Crippen LogP contribution in [0.25, 0.3) is 0 Å². The number of hydrogen-bond acceptors (Lipinski definition) is 9. The lowest BCUT2D eigenvalue weighted by molar-refractivity contribution is -0.313. The van der Waals surface area contributed by atoms with E-state index in [1.807, 2.05) is 0 Å². The fraction of sp³-hybridized carbons (Fsp3) is 0.966. The SMILES string of the molecule is CO[C@H]1[C@H](O)[C@@H](O)[C@H](OC[C@@]2(C)CCC[C@]3(C)[C@@H]2CC[C@@]24C[C@@H](CC[C@H]23)[C@@](O)(COC(C)=O)C4)O[C@@H]1CO. The van der Waals surface area contributed by atoms with Gasteiger partial charge in [-0.2, -0.15) is 0 Å². The summed E-state index contributed by atoms with van der Waals surface area (Å²) in [6.45, 7) is 6.30. The Morgan fingerprint density at radius 1 is 1.03 bits per heavy atom. The molecule has 1 spiro atoms. The van der Waals surface area contributed by atoms with Gasteiger partial charge >= 0.3 is 5.97 Å². The smallest absolute Gasteiger partial charge is 0.302 e. The van der Waals surface area contributed by atoms with Crippen LogP contribution in [-0.4, -0.2) is 89.6 Å². The van der Waals surface area contributed by atoms with Crippen molar-refractivity contribution in [1.82, 2.24) is 0 Å². The fourth-order valence-corrected chi connectivity index (χ4v) is 10.1. The molecule has 0 amide bonds. The number of carbonyl (C=O) groups is 1. The van der Waals surface area contributed by atoms with E-state index in [0.29, 0.717) is 24.9 Å². The van der Waals surface area contributed by atoms with Crippen molar-refractivity contribution in [3.05, 3.63) is 0 Å². The Balaban J connectivity index is 1.31. The number of rotatable bonds is 7. The van der Waals surface area contributed by atoms with Crippen molar-refractivity contribution in [1.29, 1.82) is 0 Å². The second-order valence-electron chi connectivity index (χ2n) is 13.8. The number of hydrogen-bond donors (Lipinski definition) is 4. The molecule has 5 rings (SSSR count). The van der Waals surface area contributed by atoms with Crippen LogP contribution in [0.2, 0.25) is 0 Å². The maximum absolute atomic E-state index is 11.6. The first-order valence-electron chi connectivity index (χ1n) is 14.5. The third kappa shape index (κ3) is 4.54. The molecule has 4 saturated carbocycles. The maximum Gasteiger partial charge on any atom is 0.302 e. The Morgan fingerprint density at radius 3 is 2.47 bits per heavy atom. The lowest BCUT2D eigenvalue weighted by atomic mass is 9.41. The van der Waals surface area contributed by atoms with Gasteiger partial charge in [0.15, 0.2) is 6.29 Å². The molecule has 9 heteroatoms. The number of methoxy groups -OCH3 is 1. The van der Waals surface area contributed by atoms with Gasteiger partial charge in [-0.1, -0.05) is 20.3 Å². The molecule has 0 aromatic carbocycles. The zero-order valence-corrected chi connectivity index (χ0v) is 23.4. The third-order valence-corrected chi connectivity index (χ3v) is 11.6. The van der Waals surface area contributed by atoms with E-state index in [2.05, 4.69) is 13.8 Å². The molecular formula is C29H48O9. The molecule has 1 saturated heterocycles. The minimum Gasteiger partial charge on any atom is -0.463 e. The van der Waals surface area contributed by atoms with Crippen molar-refractivity contribution < 1.29 is 44.2 Å². The average molecular weight is 541 g/mol. The number of carbonyl (C=O) groups excluding carboxylic acids is 1. The molecule has 9 nitrogen and oxygen atoms in total. The molecule has 12 atom stereocenters. The molecule has 5 fully saturated rings. The summed E-state index contributed by atoms with van der Waals surface area (Å²) in [5.74, 6) is 0.762. The van der Waals surface area contributed by atoms with E-state index in [1.54, 1.807) is 0 Å². The van der Waals surface area contributed by atoms with Crippen molar-refractivity contribution >= 4 is 5.97 Å². The van der Waals surface area contributed by atoms with Gasteiger partial charge < -0.3 is 39.4 Å². The van der Waals surface area contributed by atoms with Gasteiger partial charge in [0.1, 0.15) is 36.6 Å². The fourth-order valence-electron chi connectivity index (χ4n) is 10.1. The molecule has 218 valence electrons. The van der Waals surface area contributed by atoms with Crippen LogP contribution in [0.3, 0.4) is 0 Å². The van der Waals surface area contributed by atoms with E-state index < -0.39 is 36.3 Å². The highest BCUT2D eigenvalue weighted by Crippen LogP contribution is 2.73. The van der Waals surface area contributed by atoms with E-state index in [0.717, 1.165) is 51.4 Å². The van der Waals surface area contributed by atoms with E-state index >= 15 is 0 Å². The van der Waals surface area contributed by atoms with Gasteiger partial charge in [-0.25, -0.2) is 0 Å². The van der Waals surface area contributed by atoms with Crippen LogP contribution >= 0.6 is 0 Å². The minimum atomic E-state index is -1.26. The highest BCUT2D eigenvalue weighted by Gasteiger charge is 2.67. The molecule has 4 aliphatic carbocycles. The second-order valence-corrected chi connectivity index (χ2v) is 13.8. The van der Waals surface area contributed by atoms with Gasteiger partial charge in [0.05, 0.1) is 13.2 Å². The summed E-state index contributed by atoms with van der Waals surface area (Å²) in [5, 5.41) is 42.6. The number of aliphatic hydroxyl groups is 4. The van der Waals surface area contributed by atoms with Gasteiger partial charge in [0, 0.05) is 14.0 Å². The van der Waals surface area contributed by atoms with Crippen molar-refractivity contribution in [3.63, 3.8) is 0 Å². The summed E-state index contributed by atoms with van der Waals surface area (Å²) in [7, 11) is 1.42. The quantitative estimate of drug-likeness (QED) is 0.358. The van der Waals surface area contributed by atoms with Crippen LogP contribution in [0, 0.1) is 34.0 Å². The molecule has 1 aliphatic heterocycles. The summed E-state index contributed by atoms with van der Waals surface area (Å²) in [6, 6.07) is 0. The van der Waals surface area contributed by atoms with E-state index in [4.69, 9.17) is 18.9 Å². The van der Waals surface area contributed by atoms with Crippen LogP contribution in [0.1, 0.15) is 78.6 Å². The molecule has 5 aliphatic rings. The van der Waals surface area contributed by atoms with Crippen LogP contribution in [-0.2, 0) is 23.7 Å². The van der Waals surface area contributed by atoms with E-state index in [9.17, 15) is 25.2 Å². The minimum absolute atomic E-state index is 0.0818. The highest BCUT2D eigenvalue weighted by atomic mass is 16.7. The molecule has 0 aromatic rings. The summed E-state index contributed by atoms with van der Waals surface area (Å²) in [6.07, 6.45) is 4.01. The largest absolute Gasteiger partial charge is 0.463 e. The van der Waals surface area contributed by atoms with Crippen molar-refractivity contribution in [2.75, 3.05) is 26.9 Å². The molecule has 38 heavy (non-hydrogen) atoms. The predicted molar refractivity (Wildman–Crippen MR) is 137 cm³/mol. The normalized spacial score (nSPS) is 52.2. The summed E-state index contributed by atoms with van der Waals surface area (Å²) in [5.41, 5.74) is -0.868. The average Bonchev–Trinajstić information content (AvgIpc) is 3.08. The molecule has 1 heterocycles. The molecule has 0 unspecified atom stereocenters. The molecule has 2 bridgehead atoms. The monoisotopic (exact) mass is 540 g/mol. The highest BCUT2D eigenvalue weighted by molar-refractivity contribution is 5.66. The van der Waals surface area contributed by atoms with Gasteiger partial charge in [-0.15, -0.1) is 0 Å². The molecular weight excluding hydrogens is 492 g/mol. The zero-order chi connectivity index (χ0) is 27.5. The Hall–Kier alpha value is -0.810. The van der Waals surface area contributed by atoms with Crippen LogP contribution < -0.4 is 0 Å². The van der Waals surface area contributed by atoms with Gasteiger partial charge in [-0.05, 0) is 85.4 Å². The van der Waals surface area contributed by atoms with Crippen LogP contribution in [0.5, 0.6) is 0 Å². The maximum atomic E-state index is 11.6. The van der Waals surface area contributed by atoms with E-state index in [-0.39, 0.29) is 41.3 Å². The van der Waals surface area contributed by atoms with E-state index in [1.165, 1.54) is 14.0 Å². The van der Waals surface area contributed by atoms with Crippen LogP contribution in [0.15, 0.2) is 0 Å². The van der Waals surface area contributed by atoms with Crippen LogP contribution in [0.4, 0.5) is 0 Å². The summed E-state index contributed by atoms with van der Waals surface area (Å²) < 4.78 is 22.6. The standard InChI is InChI=1S/C29H48O9/c1-17(31)36-16-29(34)14-28-11-8-20-26(2,9-5-10-27(20,3)21(28)7-6-18(29)12-28)15-37-25-23(33)22(32)24(35-4)19(13-30)38-25/h18-25,30,32-34H,5-16H2,1-4H3/t18-,19-,20-,21+,22-,23-,24-,25-,26-,27-,28+,29+/m1/s1. The van der Waals surface area contributed by atoms with Gasteiger partial charge in [-0.3, -0.25) is 4.79 Å². The number of ether oxygens (including phenoxy) is 4. The molecule has 0 aromatic heterocycles. The number of fused-ring (bicyclic) bond motifs is 3. The Kier molecular flexibility index (Phi) is 7.73. The summed E-state index contributed by atoms with van der Waals surface area (Å²) >= 11 is 0. The first-order valence-corrected chi connectivity index (χ1v) is 14.5. The van der Waals surface area contributed by atoms with Gasteiger partial charge in [0.25, 0.3) is 0 Å². The topological polar surface area (TPSA) is 135 Å². The number of esters is 1. The zero-order valence-electron chi connectivity index (χ0n) is 23.4. The van der Waals surface area contributed by atoms with Gasteiger partial charge in [0.2, 0.25) is 0 Å². The predicted octanol–water partition coefficient (Wildman–Crippen LogP) is 2.16.